The Labute approximate surface area is 96.2 Å². The van der Waals surface area contributed by atoms with Gasteiger partial charge in [0.15, 0.2) is 0 Å². The molecule has 0 radical (unpaired) electrons. The average molecular weight is 231 g/mol. The molecule has 1 fully saturated rings. The van der Waals surface area contributed by atoms with Crippen LogP contribution in [-0.2, 0) is 4.79 Å². The maximum Gasteiger partial charge on any atom is 0.226 e. The number of likely N-dealkylation sites (tertiary alicyclic amines) is 1. The monoisotopic (exact) mass is 231 g/mol. The van der Waals surface area contributed by atoms with Crippen LogP contribution in [0.4, 0.5) is 0 Å². The Morgan fingerprint density at radius 1 is 1.47 bits per heavy atom. The van der Waals surface area contributed by atoms with E-state index in [-0.39, 0.29) is 21.9 Å². The van der Waals surface area contributed by atoms with E-state index in [1.165, 1.54) is 0 Å². The van der Waals surface area contributed by atoms with Crippen molar-refractivity contribution in [2.45, 2.75) is 63.3 Å². The van der Waals surface area contributed by atoms with Gasteiger partial charge in [-0.2, -0.15) is 0 Å². The first-order chi connectivity index (χ1) is 6.72. The molecule has 88 valence electrons. The van der Waals surface area contributed by atoms with Crippen molar-refractivity contribution in [3.63, 3.8) is 0 Å². The minimum absolute atomic E-state index is 0.0138. The van der Waals surface area contributed by atoms with Gasteiger partial charge >= 0.3 is 0 Å². The highest BCUT2D eigenvalue weighted by Gasteiger charge is 2.41. The molecule has 2 atom stereocenters. The number of rotatable bonds is 2. The second-order valence-corrected chi connectivity index (χ2v) is 7.35. The molecule has 1 heterocycles. The van der Waals surface area contributed by atoms with Gasteiger partial charge in [-0.25, -0.2) is 0 Å². The molecular formula is C11H21NO2S. The van der Waals surface area contributed by atoms with Crippen LogP contribution in [0.1, 0.15) is 41.0 Å². The second kappa shape index (κ2) is 4.34. The Morgan fingerprint density at radius 3 is 2.33 bits per heavy atom. The molecule has 0 saturated carbocycles. The summed E-state index contributed by atoms with van der Waals surface area (Å²) in [7, 11) is 0. The zero-order valence-corrected chi connectivity index (χ0v) is 11.0. The molecular weight excluding hydrogens is 210 g/mol. The lowest BCUT2D eigenvalue weighted by Crippen LogP contribution is -2.41. The van der Waals surface area contributed by atoms with E-state index in [0.717, 1.165) is 0 Å². The molecule has 0 aromatic rings. The second-order valence-electron chi connectivity index (χ2n) is 5.28. The van der Waals surface area contributed by atoms with Crippen molar-refractivity contribution in [3.8, 4) is 0 Å². The van der Waals surface area contributed by atoms with Gasteiger partial charge in [-0.15, -0.1) is 11.8 Å². The summed E-state index contributed by atoms with van der Waals surface area (Å²) < 4.78 is 0.0823. The van der Waals surface area contributed by atoms with Crippen molar-refractivity contribution in [2.24, 2.45) is 0 Å². The third-order valence-electron chi connectivity index (χ3n) is 2.34. The summed E-state index contributed by atoms with van der Waals surface area (Å²) in [5.41, 5.74) is 0. The molecule has 1 amide bonds. The van der Waals surface area contributed by atoms with Crippen LogP contribution in [0.3, 0.4) is 0 Å². The van der Waals surface area contributed by atoms with Gasteiger partial charge in [0, 0.05) is 17.2 Å². The Bertz CT molecular complexity index is 247. The number of hydrogen-bond acceptors (Lipinski definition) is 3. The van der Waals surface area contributed by atoms with Gasteiger partial charge in [-0.05, 0) is 13.8 Å². The van der Waals surface area contributed by atoms with Crippen LogP contribution < -0.4 is 0 Å². The molecule has 0 bridgehead atoms. The molecule has 0 aromatic carbocycles. The van der Waals surface area contributed by atoms with E-state index in [1.54, 1.807) is 16.7 Å². The number of carbonyl (C=O) groups is 1. The van der Waals surface area contributed by atoms with Crippen LogP contribution in [0, 0.1) is 0 Å². The first-order valence-electron chi connectivity index (χ1n) is 5.39. The third kappa shape index (κ3) is 3.11. The van der Waals surface area contributed by atoms with Gasteiger partial charge in [0.1, 0.15) is 6.23 Å². The van der Waals surface area contributed by atoms with Crippen molar-refractivity contribution in [1.82, 2.24) is 4.90 Å². The summed E-state index contributed by atoms with van der Waals surface area (Å²) >= 11 is 1.68. The molecule has 15 heavy (non-hydrogen) atoms. The number of nitrogens with zero attached hydrogens (tertiary/aromatic N) is 1. The molecule has 4 heteroatoms. The fourth-order valence-corrected chi connectivity index (χ4v) is 3.25. The summed E-state index contributed by atoms with van der Waals surface area (Å²) in [6.45, 7) is 10.2. The molecule has 0 aromatic heterocycles. The maximum absolute atomic E-state index is 11.7. The number of aliphatic hydroxyl groups excluding tert-OH is 1. The highest BCUT2D eigenvalue weighted by molar-refractivity contribution is 8.01. The molecule has 0 spiro atoms. The Hall–Kier alpha value is -0.220. The summed E-state index contributed by atoms with van der Waals surface area (Å²) in [4.78, 5) is 13.3. The zero-order chi connectivity index (χ0) is 11.8. The topological polar surface area (TPSA) is 40.5 Å². The highest BCUT2D eigenvalue weighted by Crippen LogP contribution is 2.37. The molecule has 1 saturated heterocycles. The van der Waals surface area contributed by atoms with Crippen LogP contribution in [0.15, 0.2) is 0 Å². The van der Waals surface area contributed by atoms with Crippen LogP contribution in [0.2, 0.25) is 0 Å². The predicted molar refractivity (Wildman–Crippen MR) is 63.7 cm³/mol. The average Bonchev–Trinajstić information content (AvgIpc) is 2.23. The Kier molecular flexibility index (Phi) is 3.71. The Balaban J connectivity index is 2.69. The van der Waals surface area contributed by atoms with Crippen molar-refractivity contribution >= 4 is 17.7 Å². The van der Waals surface area contributed by atoms with Crippen molar-refractivity contribution in [1.29, 1.82) is 0 Å². The molecule has 0 aliphatic carbocycles. The normalized spacial score (nSPS) is 27.9. The lowest BCUT2D eigenvalue weighted by molar-refractivity contribution is -0.135. The van der Waals surface area contributed by atoms with Gasteiger partial charge < -0.3 is 10.0 Å². The molecule has 1 aliphatic heterocycles. The quantitative estimate of drug-likeness (QED) is 0.788. The largest absolute Gasteiger partial charge is 0.372 e. The van der Waals surface area contributed by atoms with Crippen molar-refractivity contribution < 1.29 is 9.90 Å². The van der Waals surface area contributed by atoms with Crippen molar-refractivity contribution in [3.05, 3.63) is 0 Å². The number of thioether (sulfide) groups is 1. The van der Waals surface area contributed by atoms with Crippen LogP contribution in [-0.4, -0.2) is 38.2 Å². The van der Waals surface area contributed by atoms with Crippen LogP contribution in [0.25, 0.3) is 0 Å². The fourth-order valence-electron chi connectivity index (χ4n) is 1.86. The zero-order valence-electron chi connectivity index (χ0n) is 10.2. The number of amides is 1. The maximum atomic E-state index is 11.7. The van der Waals surface area contributed by atoms with Crippen molar-refractivity contribution in [2.75, 3.05) is 0 Å². The van der Waals surface area contributed by atoms with E-state index in [0.29, 0.717) is 6.42 Å². The van der Waals surface area contributed by atoms with Gasteiger partial charge in [0.2, 0.25) is 5.91 Å². The standard InChI is InChI=1S/C11H21NO2S/c1-7(2)12-9(13)6-8(10(12)14)15-11(3,4)5/h7-8,10,14H,6H2,1-5H3. The van der Waals surface area contributed by atoms with Gasteiger partial charge in [0.25, 0.3) is 0 Å². The molecule has 3 nitrogen and oxygen atoms in total. The SMILES string of the molecule is CC(C)N1C(=O)CC(SC(C)(C)C)C1O. The number of carbonyl (C=O) groups excluding carboxylic acids is 1. The fraction of sp³-hybridized carbons (Fsp3) is 0.909. The number of aliphatic hydroxyl groups is 1. The van der Waals surface area contributed by atoms with E-state index < -0.39 is 6.23 Å². The van der Waals surface area contributed by atoms with E-state index in [2.05, 4.69) is 20.8 Å². The lowest BCUT2D eigenvalue weighted by atomic mass is 10.3. The summed E-state index contributed by atoms with van der Waals surface area (Å²) in [5, 5.41) is 10.1. The molecule has 2 unspecified atom stereocenters. The minimum atomic E-state index is -0.623. The van der Waals surface area contributed by atoms with Crippen LogP contribution in [0.5, 0.6) is 0 Å². The first kappa shape index (κ1) is 12.8. The van der Waals surface area contributed by atoms with Gasteiger partial charge in [0.05, 0.1) is 5.25 Å². The predicted octanol–water partition coefficient (Wildman–Crippen LogP) is 1.85. The molecule has 1 N–H and O–H groups in total. The Morgan fingerprint density at radius 2 is 2.00 bits per heavy atom. The number of hydrogen-bond donors (Lipinski definition) is 1. The summed E-state index contributed by atoms with van der Waals surface area (Å²) in [6, 6.07) is 0.0815. The molecule has 1 rings (SSSR count). The molecule has 1 aliphatic rings. The van der Waals surface area contributed by atoms with E-state index >= 15 is 0 Å². The van der Waals surface area contributed by atoms with Crippen LogP contribution >= 0.6 is 11.8 Å². The summed E-state index contributed by atoms with van der Waals surface area (Å²) in [5.74, 6) is 0.0687. The summed E-state index contributed by atoms with van der Waals surface area (Å²) in [6.07, 6.45) is -0.164. The van der Waals surface area contributed by atoms with E-state index in [9.17, 15) is 9.90 Å². The van der Waals surface area contributed by atoms with Gasteiger partial charge in [-0.3, -0.25) is 4.79 Å². The van der Waals surface area contributed by atoms with E-state index in [1.807, 2.05) is 13.8 Å². The highest BCUT2D eigenvalue weighted by atomic mass is 32.2. The lowest BCUT2D eigenvalue weighted by Gasteiger charge is -2.29. The third-order valence-corrected chi connectivity index (χ3v) is 3.76. The van der Waals surface area contributed by atoms with Gasteiger partial charge in [-0.1, -0.05) is 20.8 Å². The van der Waals surface area contributed by atoms with E-state index in [4.69, 9.17) is 0 Å². The first-order valence-corrected chi connectivity index (χ1v) is 6.27. The smallest absolute Gasteiger partial charge is 0.226 e. The minimum Gasteiger partial charge on any atom is -0.372 e.